The number of unbranched alkanes of at least 4 members (excludes halogenated alkanes) is 2. The lowest BCUT2D eigenvalue weighted by Gasteiger charge is -2.55. The zero-order chi connectivity index (χ0) is 16.3. The molecule has 0 amide bonds. The van der Waals surface area contributed by atoms with Gasteiger partial charge in [0, 0.05) is 18.3 Å². The van der Waals surface area contributed by atoms with E-state index in [2.05, 4.69) is 33.8 Å². The maximum absolute atomic E-state index is 11.3. The second-order valence-corrected chi connectivity index (χ2v) is 7.37. The lowest BCUT2D eigenvalue weighted by atomic mass is 9.56. The van der Waals surface area contributed by atoms with Crippen molar-refractivity contribution >= 4 is 5.97 Å². The number of hydrogen-bond acceptors (Lipinski definition) is 3. The molecule has 0 aromatic rings. The van der Waals surface area contributed by atoms with Crippen molar-refractivity contribution in [3.05, 3.63) is 11.6 Å². The Labute approximate surface area is 135 Å². The van der Waals surface area contributed by atoms with Gasteiger partial charge in [0.2, 0.25) is 0 Å². The maximum Gasteiger partial charge on any atom is 0.302 e. The van der Waals surface area contributed by atoms with Crippen LogP contribution < -0.4 is 0 Å². The molecule has 1 aliphatic heterocycles. The van der Waals surface area contributed by atoms with E-state index in [0.29, 0.717) is 37.1 Å². The average molecular weight is 308 g/mol. The van der Waals surface area contributed by atoms with E-state index in [-0.39, 0.29) is 11.4 Å². The van der Waals surface area contributed by atoms with Crippen molar-refractivity contribution in [2.75, 3.05) is 13.2 Å². The van der Waals surface area contributed by atoms with Gasteiger partial charge in [-0.05, 0) is 25.2 Å². The summed E-state index contributed by atoms with van der Waals surface area (Å²) in [5.74, 6) is 1.15. The van der Waals surface area contributed by atoms with Gasteiger partial charge in [0.25, 0.3) is 0 Å². The van der Waals surface area contributed by atoms with Gasteiger partial charge in [-0.1, -0.05) is 51.7 Å². The third-order valence-corrected chi connectivity index (χ3v) is 5.99. The molecule has 1 saturated heterocycles. The summed E-state index contributed by atoms with van der Waals surface area (Å²) in [5.41, 5.74) is 1.40. The fourth-order valence-corrected chi connectivity index (χ4v) is 4.48. The summed E-state index contributed by atoms with van der Waals surface area (Å²) in [6.45, 7) is 11.7. The number of ether oxygens (including phenoxy) is 2. The van der Waals surface area contributed by atoms with Crippen molar-refractivity contribution in [1.29, 1.82) is 0 Å². The molecule has 1 aliphatic carbocycles. The smallest absolute Gasteiger partial charge is 0.302 e. The van der Waals surface area contributed by atoms with Crippen LogP contribution in [0.25, 0.3) is 0 Å². The van der Waals surface area contributed by atoms with Gasteiger partial charge in [-0.25, -0.2) is 0 Å². The molecule has 3 heteroatoms. The third-order valence-electron chi connectivity index (χ3n) is 5.99. The summed E-state index contributed by atoms with van der Waals surface area (Å²) in [6, 6.07) is 0. The van der Waals surface area contributed by atoms with Crippen LogP contribution in [0.1, 0.15) is 60.3 Å². The number of rotatable bonds is 6. The first-order valence-corrected chi connectivity index (χ1v) is 8.85. The summed E-state index contributed by atoms with van der Waals surface area (Å²) in [4.78, 5) is 11.3. The second-order valence-electron chi connectivity index (χ2n) is 7.37. The van der Waals surface area contributed by atoms with Crippen LogP contribution in [0.4, 0.5) is 0 Å². The number of carbonyl (C=O) groups is 1. The number of carbonyl (C=O) groups excluding carboxylic acids is 1. The van der Waals surface area contributed by atoms with Crippen LogP contribution in [0.3, 0.4) is 0 Å². The van der Waals surface area contributed by atoms with Crippen LogP contribution in [0.15, 0.2) is 11.6 Å². The highest BCUT2D eigenvalue weighted by Crippen LogP contribution is 2.53. The Kier molecular flexibility index (Phi) is 5.70. The first kappa shape index (κ1) is 17.5. The Balaban J connectivity index is 2.17. The monoisotopic (exact) mass is 308 g/mol. The molecule has 1 fully saturated rings. The number of fused-ring (bicyclic) bond motifs is 2. The number of esters is 1. The van der Waals surface area contributed by atoms with Crippen LogP contribution in [0.5, 0.6) is 0 Å². The lowest BCUT2D eigenvalue weighted by Crippen LogP contribution is -2.56. The molecular formula is C19H32O3. The third kappa shape index (κ3) is 3.24. The Morgan fingerprint density at radius 1 is 1.41 bits per heavy atom. The highest BCUT2D eigenvalue weighted by Gasteiger charge is 2.53. The van der Waals surface area contributed by atoms with E-state index in [4.69, 9.17) is 9.47 Å². The van der Waals surface area contributed by atoms with E-state index in [1.807, 2.05) is 0 Å². The van der Waals surface area contributed by atoms with Crippen molar-refractivity contribution in [1.82, 2.24) is 0 Å². The molecule has 0 N–H and O–H groups in total. The normalized spacial score (nSPS) is 37.6. The van der Waals surface area contributed by atoms with Gasteiger partial charge >= 0.3 is 5.97 Å². The summed E-state index contributed by atoms with van der Waals surface area (Å²) >= 11 is 0. The molecule has 0 saturated carbocycles. The van der Waals surface area contributed by atoms with E-state index >= 15 is 0 Å². The van der Waals surface area contributed by atoms with E-state index in [1.165, 1.54) is 31.8 Å². The summed E-state index contributed by atoms with van der Waals surface area (Å²) in [7, 11) is 0. The van der Waals surface area contributed by atoms with Gasteiger partial charge in [0.1, 0.15) is 0 Å². The average Bonchev–Trinajstić information content (AvgIpc) is 2.45. The summed E-state index contributed by atoms with van der Waals surface area (Å²) in [6.07, 6.45) is 7.63. The van der Waals surface area contributed by atoms with E-state index in [0.717, 1.165) is 6.42 Å². The predicted octanol–water partition coefficient (Wildman–Crippen LogP) is 4.36. The van der Waals surface area contributed by atoms with Crippen molar-refractivity contribution in [3.63, 3.8) is 0 Å². The molecule has 0 unspecified atom stereocenters. The minimum Gasteiger partial charge on any atom is -0.465 e. The lowest BCUT2D eigenvalue weighted by molar-refractivity contribution is -0.180. The van der Waals surface area contributed by atoms with Crippen molar-refractivity contribution < 1.29 is 14.3 Å². The van der Waals surface area contributed by atoms with Gasteiger partial charge in [-0.15, -0.1) is 0 Å². The minimum atomic E-state index is -0.193. The van der Waals surface area contributed by atoms with Crippen LogP contribution in [0.2, 0.25) is 0 Å². The molecule has 0 radical (unpaired) electrons. The highest BCUT2D eigenvalue weighted by atomic mass is 16.5. The predicted molar refractivity (Wildman–Crippen MR) is 88.5 cm³/mol. The molecule has 0 spiro atoms. The van der Waals surface area contributed by atoms with E-state index in [1.54, 1.807) is 0 Å². The van der Waals surface area contributed by atoms with Crippen LogP contribution in [0, 0.1) is 23.2 Å². The first-order chi connectivity index (χ1) is 10.4. The standard InChI is InChI=1S/C19H32O3/c1-6-7-8-9-17-18-13(2)10-14(3)19(12-22-17,15(18)4)11-21-16(5)20/h10,14-15,17-18H,6-9,11-12H2,1-5H3/t14-,15+,17-,18-,19-/m0/s1. The molecular weight excluding hydrogens is 276 g/mol. The molecule has 2 bridgehead atoms. The van der Waals surface area contributed by atoms with Crippen LogP contribution >= 0.6 is 0 Å². The maximum atomic E-state index is 11.3. The molecule has 1 heterocycles. The molecule has 2 rings (SSSR count). The topological polar surface area (TPSA) is 35.5 Å². The van der Waals surface area contributed by atoms with Crippen molar-refractivity contribution in [2.24, 2.45) is 23.2 Å². The zero-order valence-electron chi connectivity index (χ0n) is 14.9. The van der Waals surface area contributed by atoms with Gasteiger partial charge in [0.15, 0.2) is 0 Å². The molecule has 5 atom stereocenters. The van der Waals surface area contributed by atoms with Crippen molar-refractivity contribution in [3.8, 4) is 0 Å². The zero-order valence-corrected chi connectivity index (χ0v) is 14.9. The SMILES string of the molecule is CCCCC[C@@H]1OC[C@]2(COC(C)=O)[C@H](C)[C@@H]1C(C)=C[C@@H]2C. The molecule has 0 aromatic carbocycles. The molecule has 0 aromatic heterocycles. The Morgan fingerprint density at radius 3 is 2.77 bits per heavy atom. The van der Waals surface area contributed by atoms with Gasteiger partial charge in [-0.3, -0.25) is 4.79 Å². The Morgan fingerprint density at radius 2 is 2.14 bits per heavy atom. The van der Waals surface area contributed by atoms with E-state index in [9.17, 15) is 4.79 Å². The van der Waals surface area contributed by atoms with Crippen molar-refractivity contribution in [2.45, 2.75) is 66.4 Å². The minimum absolute atomic E-state index is 0.0584. The fourth-order valence-electron chi connectivity index (χ4n) is 4.48. The van der Waals surface area contributed by atoms with Gasteiger partial charge in [-0.2, -0.15) is 0 Å². The molecule has 126 valence electrons. The molecule has 2 aliphatic rings. The summed E-state index contributed by atoms with van der Waals surface area (Å²) in [5, 5.41) is 0. The fraction of sp³-hybridized carbons (Fsp3) is 0.842. The highest BCUT2D eigenvalue weighted by molar-refractivity contribution is 5.65. The second kappa shape index (κ2) is 7.16. The van der Waals surface area contributed by atoms with E-state index < -0.39 is 0 Å². The first-order valence-electron chi connectivity index (χ1n) is 8.85. The molecule has 3 nitrogen and oxygen atoms in total. The quantitative estimate of drug-likeness (QED) is 0.415. The number of hydrogen-bond donors (Lipinski definition) is 0. The Bertz CT molecular complexity index is 428. The van der Waals surface area contributed by atoms with Crippen LogP contribution in [-0.2, 0) is 14.3 Å². The number of allylic oxidation sites excluding steroid dienone is 1. The molecule has 22 heavy (non-hydrogen) atoms. The largest absolute Gasteiger partial charge is 0.465 e. The van der Waals surface area contributed by atoms with Gasteiger partial charge in [0.05, 0.1) is 19.3 Å². The van der Waals surface area contributed by atoms with Crippen LogP contribution in [-0.4, -0.2) is 25.3 Å². The summed E-state index contributed by atoms with van der Waals surface area (Å²) < 4.78 is 11.7. The Hall–Kier alpha value is -0.830. The van der Waals surface area contributed by atoms with Gasteiger partial charge < -0.3 is 9.47 Å².